The first-order valence-electron chi connectivity index (χ1n) is 4.26. The lowest BCUT2D eigenvalue weighted by Gasteiger charge is -2.07. The van der Waals surface area contributed by atoms with Gasteiger partial charge >= 0.3 is 5.97 Å². The molecule has 4 heteroatoms. The Morgan fingerprint density at radius 1 is 1.57 bits per heavy atom. The van der Waals surface area contributed by atoms with E-state index in [0.29, 0.717) is 5.69 Å². The fraction of sp³-hybridized carbons (Fsp3) is 0.300. The van der Waals surface area contributed by atoms with Crippen LogP contribution in [0.15, 0.2) is 18.2 Å². The normalized spacial score (nSPS) is 9.57. The zero-order valence-corrected chi connectivity index (χ0v) is 8.20. The second-order valence-corrected chi connectivity index (χ2v) is 2.88. The number of rotatable bonds is 3. The molecule has 0 spiro atoms. The number of benzene rings is 1. The molecule has 0 bridgehead atoms. The Balaban J connectivity index is 2.74. The van der Waals surface area contributed by atoms with Crippen molar-refractivity contribution in [2.75, 3.05) is 12.4 Å². The van der Waals surface area contributed by atoms with Crippen LogP contribution in [0.1, 0.15) is 12.5 Å². The summed E-state index contributed by atoms with van der Waals surface area (Å²) < 4.78 is 4.82. The van der Waals surface area contributed by atoms with Crippen molar-refractivity contribution in [3.05, 3.63) is 23.8 Å². The number of phenolic OH excluding ortho intramolecular Hbond substituents is 1. The molecule has 1 aromatic carbocycles. The van der Waals surface area contributed by atoms with Crippen molar-refractivity contribution in [2.24, 2.45) is 0 Å². The summed E-state index contributed by atoms with van der Waals surface area (Å²) in [7, 11) is 1.71. The Bertz CT molecular complexity index is 336. The molecule has 76 valence electrons. The monoisotopic (exact) mass is 195 g/mol. The molecular formula is C10H13NO3. The summed E-state index contributed by atoms with van der Waals surface area (Å²) in [5.41, 5.74) is 1.46. The highest BCUT2D eigenvalue weighted by Gasteiger charge is 2.01. The van der Waals surface area contributed by atoms with Crippen LogP contribution in [0.4, 0.5) is 5.69 Å². The lowest BCUT2D eigenvalue weighted by atomic mass is 10.2. The van der Waals surface area contributed by atoms with Gasteiger partial charge in [0.25, 0.3) is 0 Å². The third-order valence-corrected chi connectivity index (χ3v) is 1.77. The van der Waals surface area contributed by atoms with E-state index in [1.165, 1.54) is 6.92 Å². The van der Waals surface area contributed by atoms with Gasteiger partial charge in [0, 0.05) is 14.0 Å². The number of aromatic hydroxyl groups is 1. The van der Waals surface area contributed by atoms with E-state index in [9.17, 15) is 9.90 Å². The molecule has 4 nitrogen and oxygen atoms in total. The predicted octanol–water partition coefficient (Wildman–Crippen LogP) is 1.50. The SMILES string of the molecule is CNc1cc(COC(C)=O)ccc1O. The molecule has 14 heavy (non-hydrogen) atoms. The number of phenols is 1. The molecule has 0 saturated heterocycles. The maximum absolute atomic E-state index is 10.6. The second kappa shape index (κ2) is 4.50. The van der Waals surface area contributed by atoms with Crippen LogP contribution in [-0.4, -0.2) is 18.1 Å². The fourth-order valence-corrected chi connectivity index (χ4v) is 1.06. The van der Waals surface area contributed by atoms with Crippen molar-refractivity contribution in [3.63, 3.8) is 0 Å². The number of carbonyl (C=O) groups excluding carboxylic acids is 1. The summed E-state index contributed by atoms with van der Waals surface area (Å²) in [4.78, 5) is 10.6. The largest absolute Gasteiger partial charge is 0.506 e. The van der Waals surface area contributed by atoms with E-state index in [0.717, 1.165) is 5.56 Å². The fourth-order valence-electron chi connectivity index (χ4n) is 1.06. The van der Waals surface area contributed by atoms with Crippen LogP contribution in [0.3, 0.4) is 0 Å². The molecule has 0 aromatic heterocycles. The minimum Gasteiger partial charge on any atom is -0.506 e. The van der Waals surface area contributed by atoms with Gasteiger partial charge in [-0.3, -0.25) is 4.79 Å². The van der Waals surface area contributed by atoms with Gasteiger partial charge < -0.3 is 15.2 Å². The molecule has 1 aromatic rings. The first-order chi connectivity index (χ1) is 6.63. The highest BCUT2D eigenvalue weighted by Crippen LogP contribution is 2.23. The molecular weight excluding hydrogens is 182 g/mol. The van der Waals surface area contributed by atoms with Crippen LogP contribution in [0, 0.1) is 0 Å². The molecule has 0 fully saturated rings. The molecule has 2 N–H and O–H groups in total. The molecule has 1 rings (SSSR count). The molecule has 0 amide bonds. The van der Waals surface area contributed by atoms with Crippen LogP contribution in [0.2, 0.25) is 0 Å². The summed E-state index contributed by atoms with van der Waals surface area (Å²) in [6.07, 6.45) is 0. The summed E-state index contributed by atoms with van der Waals surface area (Å²) in [5.74, 6) is -0.136. The summed E-state index contributed by atoms with van der Waals surface area (Å²) in [5, 5.41) is 12.2. The van der Waals surface area contributed by atoms with Gasteiger partial charge in [0.15, 0.2) is 0 Å². The lowest BCUT2D eigenvalue weighted by molar-refractivity contribution is -0.142. The minimum atomic E-state index is -0.316. The van der Waals surface area contributed by atoms with E-state index in [2.05, 4.69) is 5.32 Å². The summed E-state index contributed by atoms with van der Waals surface area (Å²) >= 11 is 0. The Morgan fingerprint density at radius 2 is 2.29 bits per heavy atom. The van der Waals surface area contributed by atoms with E-state index < -0.39 is 0 Å². The van der Waals surface area contributed by atoms with Crippen molar-refractivity contribution >= 4 is 11.7 Å². The number of ether oxygens (including phenoxy) is 1. The molecule has 0 heterocycles. The van der Waals surface area contributed by atoms with Crippen LogP contribution in [0.5, 0.6) is 5.75 Å². The molecule has 0 unspecified atom stereocenters. The number of hydrogen-bond acceptors (Lipinski definition) is 4. The smallest absolute Gasteiger partial charge is 0.302 e. The molecule has 0 aliphatic rings. The van der Waals surface area contributed by atoms with Gasteiger partial charge in [-0.2, -0.15) is 0 Å². The Hall–Kier alpha value is -1.71. The van der Waals surface area contributed by atoms with E-state index in [1.54, 1.807) is 25.2 Å². The maximum atomic E-state index is 10.6. The van der Waals surface area contributed by atoms with Gasteiger partial charge in [-0.25, -0.2) is 0 Å². The summed E-state index contributed by atoms with van der Waals surface area (Å²) in [6, 6.07) is 5.00. The zero-order chi connectivity index (χ0) is 10.6. The van der Waals surface area contributed by atoms with E-state index in [4.69, 9.17) is 4.74 Å². The third kappa shape index (κ3) is 2.65. The van der Waals surface area contributed by atoms with E-state index in [1.807, 2.05) is 0 Å². The van der Waals surface area contributed by atoms with Gasteiger partial charge in [0.2, 0.25) is 0 Å². The van der Waals surface area contributed by atoms with Gasteiger partial charge in [-0.1, -0.05) is 6.07 Å². The van der Waals surface area contributed by atoms with Crippen molar-refractivity contribution < 1.29 is 14.6 Å². The third-order valence-electron chi connectivity index (χ3n) is 1.77. The first-order valence-corrected chi connectivity index (χ1v) is 4.26. The van der Waals surface area contributed by atoms with Crippen molar-refractivity contribution in [1.29, 1.82) is 0 Å². The van der Waals surface area contributed by atoms with Crippen LogP contribution < -0.4 is 5.32 Å². The van der Waals surface area contributed by atoms with Crippen LogP contribution in [0.25, 0.3) is 0 Å². The minimum absolute atomic E-state index is 0.180. The average molecular weight is 195 g/mol. The Kier molecular flexibility index (Phi) is 3.34. The van der Waals surface area contributed by atoms with Crippen molar-refractivity contribution in [3.8, 4) is 5.75 Å². The quantitative estimate of drug-likeness (QED) is 0.566. The number of hydrogen-bond donors (Lipinski definition) is 2. The topological polar surface area (TPSA) is 58.6 Å². The lowest BCUT2D eigenvalue weighted by Crippen LogP contribution is -1.99. The average Bonchev–Trinajstić information content (AvgIpc) is 2.16. The zero-order valence-electron chi connectivity index (χ0n) is 8.20. The van der Waals surface area contributed by atoms with Gasteiger partial charge in [-0.05, 0) is 17.7 Å². The molecule has 0 radical (unpaired) electrons. The maximum Gasteiger partial charge on any atom is 0.302 e. The van der Waals surface area contributed by atoms with Gasteiger partial charge in [0.1, 0.15) is 12.4 Å². The second-order valence-electron chi connectivity index (χ2n) is 2.88. The van der Waals surface area contributed by atoms with Crippen LogP contribution in [-0.2, 0) is 16.1 Å². The first kappa shape index (κ1) is 10.4. The summed E-state index contributed by atoms with van der Waals surface area (Å²) in [6.45, 7) is 1.59. The Labute approximate surface area is 82.5 Å². The number of anilines is 1. The van der Waals surface area contributed by atoms with E-state index >= 15 is 0 Å². The van der Waals surface area contributed by atoms with Crippen LogP contribution >= 0.6 is 0 Å². The van der Waals surface area contributed by atoms with E-state index in [-0.39, 0.29) is 18.3 Å². The molecule has 0 atom stereocenters. The number of carbonyl (C=O) groups is 1. The van der Waals surface area contributed by atoms with Gasteiger partial charge in [-0.15, -0.1) is 0 Å². The molecule has 0 saturated carbocycles. The highest BCUT2D eigenvalue weighted by atomic mass is 16.5. The van der Waals surface area contributed by atoms with Crippen molar-refractivity contribution in [1.82, 2.24) is 0 Å². The highest BCUT2D eigenvalue weighted by molar-refractivity contribution is 5.66. The van der Waals surface area contributed by atoms with Crippen molar-refractivity contribution in [2.45, 2.75) is 13.5 Å². The van der Waals surface area contributed by atoms with Gasteiger partial charge in [0.05, 0.1) is 5.69 Å². The predicted molar refractivity (Wildman–Crippen MR) is 53.1 cm³/mol. The Morgan fingerprint density at radius 3 is 2.86 bits per heavy atom. The standard InChI is InChI=1S/C10H13NO3/c1-7(12)14-6-8-3-4-10(13)9(5-8)11-2/h3-5,11,13H,6H2,1-2H3. The molecule has 0 aliphatic carbocycles. The number of esters is 1. The number of nitrogens with one attached hydrogen (secondary N) is 1. The molecule has 0 aliphatic heterocycles.